The van der Waals surface area contributed by atoms with E-state index in [9.17, 15) is 0 Å². The van der Waals surface area contributed by atoms with E-state index in [1.807, 2.05) is 0 Å². The molecular weight excluding hydrogens is 105 g/mol. The van der Waals surface area contributed by atoms with Crippen molar-refractivity contribution in [1.29, 1.82) is 0 Å². The van der Waals surface area contributed by atoms with Gasteiger partial charge in [0.05, 0.1) is 0 Å². The third-order valence-electron chi connectivity index (χ3n) is 0.331. The zero-order valence-corrected chi connectivity index (χ0v) is 2.55. The van der Waals surface area contributed by atoms with Crippen molar-refractivity contribution in [1.82, 2.24) is 15.2 Å². The van der Waals surface area contributed by atoms with Crippen molar-refractivity contribution in [3.63, 3.8) is 0 Å². The molecule has 0 amide bonds. The molecule has 0 aliphatic rings. The Hall–Kier alpha value is 0.776. The Morgan fingerprint density at radius 3 is 2.50 bits per heavy atom. The minimum absolute atomic E-state index is 0. The van der Waals surface area contributed by atoms with Gasteiger partial charge in [-0.1, -0.05) is 0 Å². The van der Waals surface area contributed by atoms with E-state index in [0.29, 0.717) is 0 Å². The van der Waals surface area contributed by atoms with E-state index in [4.69, 9.17) is 0 Å². The van der Waals surface area contributed by atoms with Crippen molar-refractivity contribution in [2.24, 2.45) is 0 Å². The molecule has 1 rings (SSSR count). The number of nitrogens with one attached hydrogen (secondary N) is 1. The quantitative estimate of drug-likeness (QED) is 0.441. The standard InChI is InChI=1S/C2H3N3.K.H/c1-3-2-5-4-1;;/h1-2H,(H,3,4,5);;. The Balaban J connectivity index is 0.000000250. The fraction of sp³-hybridized carbons (Fsp3) is 0. The van der Waals surface area contributed by atoms with E-state index in [1.54, 1.807) is 0 Å². The van der Waals surface area contributed by atoms with Crippen molar-refractivity contribution in [2.75, 3.05) is 0 Å². The Morgan fingerprint density at radius 1 is 1.50 bits per heavy atom. The van der Waals surface area contributed by atoms with Crippen LogP contribution in [0.25, 0.3) is 0 Å². The van der Waals surface area contributed by atoms with E-state index >= 15 is 0 Å². The molecule has 0 bridgehead atoms. The van der Waals surface area contributed by atoms with E-state index in [2.05, 4.69) is 15.2 Å². The van der Waals surface area contributed by atoms with Crippen molar-refractivity contribution >= 4 is 51.4 Å². The fourth-order valence-corrected chi connectivity index (χ4v) is 0.167. The summed E-state index contributed by atoms with van der Waals surface area (Å²) in [6, 6.07) is 0. The number of aromatic amines is 1. The van der Waals surface area contributed by atoms with Gasteiger partial charge in [-0.15, -0.1) is 0 Å². The fourth-order valence-electron chi connectivity index (χ4n) is 0.167. The predicted molar refractivity (Wildman–Crippen MR) is 23.5 cm³/mol. The number of hydrogen-bond donors (Lipinski definition) is 1. The van der Waals surface area contributed by atoms with Crippen LogP contribution in [0.1, 0.15) is 0 Å². The zero-order valence-electron chi connectivity index (χ0n) is 2.55. The monoisotopic (exact) mass is 109 g/mol. The summed E-state index contributed by atoms with van der Waals surface area (Å²) in [5.74, 6) is 0. The van der Waals surface area contributed by atoms with Gasteiger partial charge >= 0.3 is 51.4 Å². The first kappa shape index (κ1) is 6.78. The topological polar surface area (TPSA) is 41.6 Å². The molecule has 1 heterocycles. The first-order valence-corrected chi connectivity index (χ1v) is 1.29. The van der Waals surface area contributed by atoms with Gasteiger partial charge in [-0.3, -0.25) is 5.10 Å². The number of H-pyrrole nitrogens is 1. The summed E-state index contributed by atoms with van der Waals surface area (Å²) in [5.41, 5.74) is 0. The molecule has 0 atom stereocenters. The van der Waals surface area contributed by atoms with Gasteiger partial charge in [0.25, 0.3) is 0 Å². The second kappa shape index (κ2) is 3.95. The predicted octanol–water partition coefficient (Wildman–Crippen LogP) is -0.844. The molecule has 0 fully saturated rings. The molecule has 4 heteroatoms. The Bertz CT molecular complexity index is 65.3. The van der Waals surface area contributed by atoms with Gasteiger partial charge in [0, 0.05) is 0 Å². The summed E-state index contributed by atoms with van der Waals surface area (Å²) in [6.45, 7) is 0. The molecule has 0 saturated carbocycles. The maximum Gasteiger partial charge on any atom is 0.137 e. The van der Waals surface area contributed by atoms with Crippen LogP contribution in [0.3, 0.4) is 0 Å². The van der Waals surface area contributed by atoms with Crippen LogP contribution in [0.2, 0.25) is 0 Å². The zero-order chi connectivity index (χ0) is 3.54. The molecule has 0 saturated heterocycles. The maximum absolute atomic E-state index is 3.56. The third-order valence-corrected chi connectivity index (χ3v) is 0.331. The minimum Gasteiger partial charge on any atom is -0.266 e. The van der Waals surface area contributed by atoms with Crippen LogP contribution in [0, 0.1) is 0 Å². The number of nitrogens with zero attached hydrogens (tertiary/aromatic N) is 2. The number of aromatic nitrogens is 3. The molecule has 3 nitrogen and oxygen atoms in total. The van der Waals surface area contributed by atoms with E-state index in [1.165, 1.54) is 12.7 Å². The van der Waals surface area contributed by atoms with Crippen LogP contribution in [0.15, 0.2) is 12.7 Å². The van der Waals surface area contributed by atoms with Crippen LogP contribution in [0.5, 0.6) is 0 Å². The summed E-state index contributed by atoms with van der Waals surface area (Å²) < 4.78 is 0. The van der Waals surface area contributed by atoms with E-state index < -0.39 is 0 Å². The van der Waals surface area contributed by atoms with Crippen molar-refractivity contribution < 1.29 is 0 Å². The Kier molecular flexibility index (Phi) is 4.46. The van der Waals surface area contributed by atoms with Crippen LogP contribution >= 0.6 is 0 Å². The van der Waals surface area contributed by atoms with E-state index in [0.717, 1.165) is 0 Å². The molecule has 0 aliphatic carbocycles. The summed E-state index contributed by atoms with van der Waals surface area (Å²) in [6.07, 6.45) is 2.96. The van der Waals surface area contributed by atoms with Gasteiger partial charge in [0.1, 0.15) is 12.7 Å². The first-order chi connectivity index (χ1) is 2.50. The van der Waals surface area contributed by atoms with Gasteiger partial charge in [-0.2, -0.15) is 5.10 Å². The summed E-state index contributed by atoms with van der Waals surface area (Å²) in [5, 5.41) is 5.99. The summed E-state index contributed by atoms with van der Waals surface area (Å²) >= 11 is 0. The van der Waals surface area contributed by atoms with Gasteiger partial charge in [0.2, 0.25) is 0 Å². The van der Waals surface area contributed by atoms with Crippen LogP contribution in [-0.4, -0.2) is 66.6 Å². The van der Waals surface area contributed by atoms with Crippen molar-refractivity contribution in [2.45, 2.75) is 0 Å². The second-order valence-electron chi connectivity index (χ2n) is 0.652. The first-order valence-electron chi connectivity index (χ1n) is 1.29. The average molecular weight is 109 g/mol. The average Bonchev–Trinajstić information content (AvgIpc) is 1.76. The van der Waals surface area contributed by atoms with Gasteiger partial charge in [-0.05, 0) is 0 Å². The molecule has 6 heavy (non-hydrogen) atoms. The van der Waals surface area contributed by atoms with Crippen molar-refractivity contribution in [3.8, 4) is 0 Å². The van der Waals surface area contributed by atoms with Crippen LogP contribution < -0.4 is 0 Å². The summed E-state index contributed by atoms with van der Waals surface area (Å²) in [4.78, 5) is 3.56. The van der Waals surface area contributed by atoms with Crippen LogP contribution in [0.4, 0.5) is 0 Å². The normalized spacial score (nSPS) is 6.67. The third kappa shape index (κ3) is 2.04. The largest absolute Gasteiger partial charge is 0.266 e. The van der Waals surface area contributed by atoms with Gasteiger partial charge in [0.15, 0.2) is 0 Å². The Morgan fingerprint density at radius 2 is 2.33 bits per heavy atom. The van der Waals surface area contributed by atoms with E-state index in [-0.39, 0.29) is 51.4 Å². The van der Waals surface area contributed by atoms with Gasteiger partial charge < -0.3 is 0 Å². The molecular formula is C2H4KN3. The minimum atomic E-state index is 0. The summed E-state index contributed by atoms with van der Waals surface area (Å²) in [7, 11) is 0. The smallest absolute Gasteiger partial charge is 0.137 e. The maximum atomic E-state index is 3.56. The molecule has 0 radical (unpaired) electrons. The molecule has 0 spiro atoms. The molecule has 28 valence electrons. The molecule has 0 unspecified atom stereocenters. The Labute approximate surface area is 78.0 Å². The SMILES string of the molecule is [KH].c1nc[nH]n1. The van der Waals surface area contributed by atoms with Crippen LogP contribution in [-0.2, 0) is 0 Å². The number of hydrogen-bond acceptors (Lipinski definition) is 2. The second-order valence-corrected chi connectivity index (χ2v) is 0.652. The molecule has 1 aromatic heterocycles. The molecule has 1 N–H and O–H groups in total. The molecule has 1 aromatic rings. The molecule has 0 aromatic carbocycles. The van der Waals surface area contributed by atoms with Crippen molar-refractivity contribution in [3.05, 3.63) is 12.7 Å². The van der Waals surface area contributed by atoms with Gasteiger partial charge in [-0.25, -0.2) is 4.98 Å². The molecule has 0 aliphatic heterocycles. The number of rotatable bonds is 0.